The highest BCUT2D eigenvalue weighted by Gasteiger charge is 2.29. The molecule has 6 heteroatoms. The zero-order valence-corrected chi connectivity index (χ0v) is 9.62. The Balaban J connectivity index is 1.67. The van der Waals surface area contributed by atoms with Crippen LogP contribution in [0.5, 0.6) is 0 Å². The van der Waals surface area contributed by atoms with E-state index in [0.717, 1.165) is 37.1 Å². The molecular weight excluding hydrogens is 220 g/mol. The van der Waals surface area contributed by atoms with Gasteiger partial charge in [-0.3, -0.25) is 10.1 Å². The van der Waals surface area contributed by atoms with Crippen LogP contribution in [0.25, 0.3) is 0 Å². The normalized spacial score (nSPS) is 18.8. The largest absolute Gasteiger partial charge is 0.408 e. The summed E-state index contributed by atoms with van der Waals surface area (Å²) in [4.78, 5) is 11.8. The fraction of sp³-hybridized carbons (Fsp3) is 0.545. The fourth-order valence-electron chi connectivity index (χ4n) is 1.65. The van der Waals surface area contributed by atoms with Gasteiger partial charge in [0.05, 0.1) is 0 Å². The molecule has 0 bridgehead atoms. The summed E-state index contributed by atoms with van der Waals surface area (Å²) in [6.45, 7) is 3.39. The highest BCUT2D eigenvalue weighted by atomic mass is 16.4. The van der Waals surface area contributed by atoms with Gasteiger partial charge in [0.2, 0.25) is 5.89 Å². The maximum Gasteiger partial charge on any atom is 0.322 e. The highest BCUT2D eigenvalue weighted by molar-refractivity contribution is 6.02. The van der Waals surface area contributed by atoms with Crippen molar-refractivity contribution in [3.05, 3.63) is 17.0 Å². The van der Waals surface area contributed by atoms with E-state index in [0.29, 0.717) is 11.8 Å². The summed E-state index contributed by atoms with van der Waals surface area (Å²) in [5.74, 6) is 0.881. The Kier molecular flexibility index (Phi) is 2.44. The summed E-state index contributed by atoms with van der Waals surface area (Å²) in [5, 5.41) is 13.5. The molecule has 2 heterocycles. The molecular formula is C11H14N4O2. The van der Waals surface area contributed by atoms with E-state index >= 15 is 0 Å². The van der Waals surface area contributed by atoms with Crippen LogP contribution in [0.1, 0.15) is 31.6 Å². The summed E-state index contributed by atoms with van der Waals surface area (Å²) >= 11 is 0. The van der Waals surface area contributed by atoms with Crippen molar-refractivity contribution < 1.29 is 9.21 Å². The Morgan fingerprint density at radius 2 is 2.18 bits per heavy atom. The van der Waals surface area contributed by atoms with Gasteiger partial charge >= 0.3 is 6.01 Å². The number of aromatic nitrogens is 2. The molecule has 1 amide bonds. The lowest BCUT2D eigenvalue weighted by molar-refractivity contribution is -0.113. The van der Waals surface area contributed by atoms with E-state index < -0.39 is 0 Å². The van der Waals surface area contributed by atoms with Crippen LogP contribution >= 0.6 is 0 Å². The number of hydrogen-bond donors (Lipinski definition) is 2. The van der Waals surface area contributed by atoms with E-state index in [9.17, 15) is 4.79 Å². The summed E-state index contributed by atoms with van der Waals surface area (Å²) in [6.07, 6.45) is 2.20. The van der Waals surface area contributed by atoms with Gasteiger partial charge in [-0.15, -0.1) is 5.10 Å². The second kappa shape index (κ2) is 3.96. The molecule has 90 valence electrons. The summed E-state index contributed by atoms with van der Waals surface area (Å²) < 4.78 is 5.37. The molecule has 1 aromatic rings. The van der Waals surface area contributed by atoms with Crippen molar-refractivity contribution in [2.24, 2.45) is 0 Å². The van der Waals surface area contributed by atoms with E-state index in [1.54, 1.807) is 0 Å². The van der Waals surface area contributed by atoms with E-state index in [-0.39, 0.29) is 11.9 Å². The first kappa shape index (κ1) is 10.5. The fourth-order valence-corrected chi connectivity index (χ4v) is 1.65. The van der Waals surface area contributed by atoms with E-state index in [1.807, 2.05) is 6.92 Å². The van der Waals surface area contributed by atoms with Gasteiger partial charge < -0.3 is 9.73 Å². The molecule has 1 saturated carbocycles. The van der Waals surface area contributed by atoms with Crippen LogP contribution in [0.3, 0.4) is 0 Å². The standard InChI is InChI=1S/C11H14N4O2/c1-6(8-4-12-5-8)9(16)13-11-15-14-10(17-11)7-2-3-7/h7,12H,2-5H2,1H3,(H,13,15,16). The maximum atomic E-state index is 11.8. The van der Waals surface area contributed by atoms with Gasteiger partial charge in [0.25, 0.3) is 5.91 Å². The number of rotatable bonds is 3. The molecule has 2 fully saturated rings. The number of hydrogen-bond acceptors (Lipinski definition) is 5. The predicted molar refractivity (Wildman–Crippen MR) is 60.5 cm³/mol. The molecule has 0 aromatic carbocycles. The number of carbonyl (C=O) groups is 1. The highest BCUT2D eigenvalue weighted by Crippen LogP contribution is 2.39. The molecule has 2 aliphatic rings. The molecule has 1 aliphatic heterocycles. The third-order valence-corrected chi connectivity index (χ3v) is 3.14. The van der Waals surface area contributed by atoms with Gasteiger partial charge in [0.15, 0.2) is 0 Å². The van der Waals surface area contributed by atoms with Crippen molar-refractivity contribution in [3.8, 4) is 0 Å². The molecule has 0 unspecified atom stereocenters. The first-order valence-electron chi connectivity index (χ1n) is 5.78. The molecule has 1 aromatic heterocycles. The van der Waals surface area contributed by atoms with Crippen LogP contribution in [0.15, 0.2) is 15.6 Å². The molecule has 1 saturated heterocycles. The summed E-state index contributed by atoms with van der Waals surface area (Å²) in [7, 11) is 0. The van der Waals surface area contributed by atoms with Crippen molar-refractivity contribution in [2.45, 2.75) is 25.7 Å². The van der Waals surface area contributed by atoms with Crippen molar-refractivity contribution >= 4 is 11.9 Å². The van der Waals surface area contributed by atoms with Crippen molar-refractivity contribution in [3.63, 3.8) is 0 Å². The van der Waals surface area contributed by atoms with Crippen molar-refractivity contribution in [1.29, 1.82) is 0 Å². The molecule has 2 N–H and O–H groups in total. The summed E-state index contributed by atoms with van der Waals surface area (Å²) in [6, 6.07) is 0.198. The van der Waals surface area contributed by atoms with Crippen LogP contribution in [0, 0.1) is 0 Å². The Morgan fingerprint density at radius 1 is 1.41 bits per heavy atom. The van der Waals surface area contributed by atoms with Gasteiger partial charge in [-0.2, -0.15) is 0 Å². The molecule has 1 aliphatic carbocycles. The second-order valence-electron chi connectivity index (χ2n) is 4.51. The van der Waals surface area contributed by atoms with Gasteiger partial charge in [-0.1, -0.05) is 5.10 Å². The third-order valence-electron chi connectivity index (χ3n) is 3.14. The Labute approximate surface area is 98.5 Å². The number of amides is 1. The minimum Gasteiger partial charge on any atom is -0.408 e. The Morgan fingerprint density at radius 3 is 2.76 bits per heavy atom. The maximum absolute atomic E-state index is 11.8. The minimum atomic E-state index is -0.160. The Bertz CT molecular complexity index is 481. The molecule has 17 heavy (non-hydrogen) atoms. The van der Waals surface area contributed by atoms with Crippen LogP contribution in [0.2, 0.25) is 0 Å². The topological polar surface area (TPSA) is 80.1 Å². The van der Waals surface area contributed by atoms with Gasteiger partial charge in [0.1, 0.15) is 0 Å². The first-order chi connectivity index (χ1) is 8.24. The molecule has 3 rings (SSSR count). The lowest BCUT2D eigenvalue weighted by Gasteiger charge is -2.20. The quantitative estimate of drug-likeness (QED) is 0.756. The van der Waals surface area contributed by atoms with Gasteiger partial charge in [-0.05, 0) is 25.3 Å². The SMILES string of the molecule is CC(C(=O)Nc1nnc(C2CC2)o1)=C1CNC1. The first-order valence-corrected chi connectivity index (χ1v) is 5.78. The van der Waals surface area contributed by atoms with E-state index in [4.69, 9.17) is 4.42 Å². The molecule has 6 nitrogen and oxygen atoms in total. The number of nitrogens with one attached hydrogen (secondary N) is 2. The van der Waals surface area contributed by atoms with Crippen LogP contribution in [-0.4, -0.2) is 29.2 Å². The van der Waals surface area contributed by atoms with Crippen LogP contribution < -0.4 is 10.6 Å². The van der Waals surface area contributed by atoms with Gasteiger partial charge in [0, 0.05) is 24.6 Å². The number of nitrogens with zero attached hydrogens (tertiary/aromatic N) is 2. The smallest absolute Gasteiger partial charge is 0.322 e. The molecule has 0 radical (unpaired) electrons. The Hall–Kier alpha value is -1.69. The molecule has 0 spiro atoms. The average Bonchev–Trinajstić information content (AvgIpc) is 2.98. The van der Waals surface area contributed by atoms with Crippen molar-refractivity contribution in [2.75, 3.05) is 18.4 Å². The van der Waals surface area contributed by atoms with Crippen molar-refractivity contribution in [1.82, 2.24) is 15.5 Å². The predicted octanol–water partition coefficient (Wildman–Crippen LogP) is 0.805. The lowest BCUT2D eigenvalue weighted by Crippen LogP contribution is -2.36. The zero-order valence-electron chi connectivity index (χ0n) is 9.62. The minimum absolute atomic E-state index is 0.160. The van der Waals surface area contributed by atoms with E-state index in [1.165, 1.54) is 0 Å². The second-order valence-corrected chi connectivity index (χ2v) is 4.51. The lowest BCUT2D eigenvalue weighted by atomic mass is 10.0. The number of carbonyl (C=O) groups excluding carboxylic acids is 1. The summed E-state index contributed by atoms with van der Waals surface area (Å²) in [5.41, 5.74) is 1.86. The zero-order chi connectivity index (χ0) is 11.8. The third kappa shape index (κ3) is 2.08. The molecule has 0 atom stereocenters. The average molecular weight is 234 g/mol. The monoisotopic (exact) mass is 234 g/mol. The number of anilines is 1. The van der Waals surface area contributed by atoms with Crippen LogP contribution in [0.4, 0.5) is 6.01 Å². The van der Waals surface area contributed by atoms with E-state index in [2.05, 4.69) is 20.8 Å². The van der Waals surface area contributed by atoms with Gasteiger partial charge in [-0.25, -0.2) is 0 Å². The van der Waals surface area contributed by atoms with Crippen LogP contribution in [-0.2, 0) is 4.79 Å².